The molecule has 0 radical (unpaired) electrons. The average molecular weight is 258 g/mol. The average Bonchev–Trinajstić information content (AvgIpc) is 2.72. The zero-order valence-electron chi connectivity index (χ0n) is 11.6. The molecule has 0 aliphatic heterocycles. The highest BCUT2D eigenvalue weighted by Gasteiger charge is 2.33. The number of amides is 1. The Balaban J connectivity index is 2.09. The monoisotopic (exact) mass is 258 g/mol. The summed E-state index contributed by atoms with van der Waals surface area (Å²) in [6.45, 7) is 2.98. The van der Waals surface area contributed by atoms with Crippen LogP contribution in [-0.2, 0) is 9.53 Å². The van der Waals surface area contributed by atoms with E-state index in [1.807, 2.05) is 7.05 Å². The van der Waals surface area contributed by atoms with Crippen LogP contribution in [0.15, 0.2) is 0 Å². The van der Waals surface area contributed by atoms with E-state index in [4.69, 9.17) is 4.74 Å². The number of likely N-dealkylation sites (N-methyl/N-ethyl adjacent to an activating group) is 1. The molecule has 106 valence electrons. The molecule has 1 aliphatic rings. The van der Waals surface area contributed by atoms with Crippen LogP contribution in [-0.4, -0.2) is 61.9 Å². The van der Waals surface area contributed by atoms with E-state index in [1.165, 1.54) is 0 Å². The van der Waals surface area contributed by atoms with Crippen molar-refractivity contribution in [3.8, 4) is 0 Å². The maximum atomic E-state index is 11.7. The highest BCUT2D eigenvalue weighted by molar-refractivity contribution is 5.77. The van der Waals surface area contributed by atoms with Gasteiger partial charge in [0.2, 0.25) is 5.91 Å². The Morgan fingerprint density at radius 3 is 2.67 bits per heavy atom. The number of hydrogen-bond acceptors (Lipinski definition) is 4. The zero-order valence-corrected chi connectivity index (χ0v) is 11.6. The molecule has 18 heavy (non-hydrogen) atoms. The van der Waals surface area contributed by atoms with Gasteiger partial charge < -0.3 is 20.1 Å². The molecule has 0 unspecified atom stereocenters. The smallest absolute Gasteiger partial charge is 0.222 e. The first-order valence-corrected chi connectivity index (χ1v) is 6.72. The van der Waals surface area contributed by atoms with Crippen molar-refractivity contribution in [1.29, 1.82) is 0 Å². The van der Waals surface area contributed by atoms with Gasteiger partial charge in [-0.3, -0.25) is 4.79 Å². The van der Waals surface area contributed by atoms with Gasteiger partial charge >= 0.3 is 0 Å². The lowest BCUT2D eigenvalue weighted by molar-refractivity contribution is -0.125. The molecular weight excluding hydrogens is 232 g/mol. The first-order chi connectivity index (χ1) is 8.56. The molecule has 0 aromatic carbocycles. The van der Waals surface area contributed by atoms with Gasteiger partial charge in [0.1, 0.15) is 0 Å². The highest BCUT2D eigenvalue weighted by atomic mass is 16.5. The summed E-state index contributed by atoms with van der Waals surface area (Å²) in [7, 11) is 3.67. The Kier molecular flexibility index (Phi) is 6.60. The third kappa shape index (κ3) is 5.80. The quantitative estimate of drug-likeness (QED) is 0.660. The fraction of sp³-hybridized carbons (Fsp3) is 0.923. The minimum absolute atomic E-state index is 0.0421. The second-order valence-corrected chi connectivity index (χ2v) is 5.25. The van der Waals surface area contributed by atoms with Crippen LogP contribution in [0.25, 0.3) is 0 Å². The van der Waals surface area contributed by atoms with Gasteiger partial charge in [0, 0.05) is 26.7 Å². The fourth-order valence-electron chi connectivity index (χ4n) is 2.32. The summed E-state index contributed by atoms with van der Waals surface area (Å²) in [6.07, 6.45) is 3.82. The van der Waals surface area contributed by atoms with Crippen molar-refractivity contribution >= 4 is 5.91 Å². The van der Waals surface area contributed by atoms with E-state index in [9.17, 15) is 9.90 Å². The predicted molar refractivity (Wildman–Crippen MR) is 70.4 cm³/mol. The molecule has 0 bridgehead atoms. The highest BCUT2D eigenvalue weighted by Crippen LogP contribution is 2.31. The number of hydrogen-bond donors (Lipinski definition) is 2. The Hall–Kier alpha value is -0.650. The Labute approximate surface area is 109 Å². The normalized spacial score (nSPS) is 18.2. The van der Waals surface area contributed by atoms with Gasteiger partial charge in [0.05, 0.1) is 18.6 Å². The third-order valence-electron chi connectivity index (χ3n) is 3.52. The molecule has 0 atom stereocenters. The molecular formula is C13H26N2O3. The van der Waals surface area contributed by atoms with Crippen molar-refractivity contribution in [2.75, 3.05) is 40.4 Å². The summed E-state index contributed by atoms with van der Waals surface area (Å²) in [5.41, 5.74) is -0.744. The molecule has 0 spiro atoms. The molecule has 0 saturated heterocycles. The van der Waals surface area contributed by atoms with Gasteiger partial charge in [-0.1, -0.05) is 12.8 Å². The van der Waals surface area contributed by atoms with E-state index in [0.717, 1.165) is 38.8 Å². The molecule has 5 heteroatoms. The van der Waals surface area contributed by atoms with Crippen molar-refractivity contribution in [3.05, 3.63) is 0 Å². The van der Waals surface area contributed by atoms with Crippen molar-refractivity contribution in [3.63, 3.8) is 0 Å². The van der Waals surface area contributed by atoms with E-state index < -0.39 is 5.60 Å². The van der Waals surface area contributed by atoms with Crippen LogP contribution in [0, 0.1) is 0 Å². The minimum atomic E-state index is -0.744. The minimum Gasteiger partial charge on any atom is -0.389 e. The van der Waals surface area contributed by atoms with Gasteiger partial charge in [-0.2, -0.15) is 0 Å². The van der Waals surface area contributed by atoms with E-state index in [2.05, 4.69) is 10.2 Å². The number of carbonyl (C=O) groups excluding carboxylic acids is 1. The second kappa shape index (κ2) is 7.71. The molecule has 0 aromatic heterocycles. The molecule has 1 amide bonds. The fourth-order valence-corrected chi connectivity index (χ4v) is 2.32. The summed E-state index contributed by atoms with van der Waals surface area (Å²) < 4.78 is 4.98. The topological polar surface area (TPSA) is 61.8 Å². The molecule has 0 heterocycles. The van der Waals surface area contributed by atoms with Gasteiger partial charge in [0.25, 0.3) is 0 Å². The number of aliphatic hydroxyl groups is 1. The summed E-state index contributed by atoms with van der Waals surface area (Å²) >= 11 is 0. The van der Waals surface area contributed by atoms with Crippen LogP contribution in [0.5, 0.6) is 0 Å². The molecule has 1 rings (SSSR count). The van der Waals surface area contributed by atoms with Crippen molar-refractivity contribution < 1.29 is 14.6 Å². The number of ether oxygens (including phenoxy) is 1. The summed E-state index contributed by atoms with van der Waals surface area (Å²) in [5.74, 6) is -0.0421. The van der Waals surface area contributed by atoms with Crippen LogP contribution in [0.4, 0.5) is 0 Å². The predicted octanol–water partition coefficient (Wildman–Crippen LogP) is 0.376. The number of methoxy groups -OCH3 is 1. The zero-order chi connectivity index (χ0) is 13.4. The summed E-state index contributed by atoms with van der Waals surface area (Å²) in [4.78, 5) is 13.8. The molecule has 1 saturated carbocycles. The van der Waals surface area contributed by atoms with E-state index in [1.54, 1.807) is 7.11 Å². The Morgan fingerprint density at radius 2 is 2.06 bits per heavy atom. The maximum absolute atomic E-state index is 11.7. The Bertz CT molecular complexity index is 253. The van der Waals surface area contributed by atoms with Crippen LogP contribution < -0.4 is 5.32 Å². The van der Waals surface area contributed by atoms with Crippen LogP contribution in [0.1, 0.15) is 32.1 Å². The van der Waals surface area contributed by atoms with E-state index >= 15 is 0 Å². The molecule has 2 N–H and O–H groups in total. The lowest BCUT2D eigenvalue weighted by Gasteiger charge is -2.22. The number of nitrogens with zero attached hydrogens (tertiary/aromatic N) is 1. The first kappa shape index (κ1) is 15.4. The van der Waals surface area contributed by atoms with Crippen LogP contribution >= 0.6 is 0 Å². The van der Waals surface area contributed by atoms with Crippen molar-refractivity contribution in [2.45, 2.75) is 37.7 Å². The van der Waals surface area contributed by atoms with E-state index in [-0.39, 0.29) is 12.3 Å². The maximum Gasteiger partial charge on any atom is 0.222 e. The molecule has 0 aromatic rings. The lowest BCUT2D eigenvalue weighted by atomic mass is 9.98. The third-order valence-corrected chi connectivity index (χ3v) is 3.52. The van der Waals surface area contributed by atoms with Crippen LogP contribution in [0.3, 0.4) is 0 Å². The van der Waals surface area contributed by atoms with Gasteiger partial charge in [-0.15, -0.1) is 0 Å². The number of carbonyl (C=O) groups is 1. The first-order valence-electron chi connectivity index (χ1n) is 6.72. The summed E-state index contributed by atoms with van der Waals surface area (Å²) in [5, 5.41) is 13.0. The molecule has 1 aliphatic carbocycles. The van der Waals surface area contributed by atoms with Crippen molar-refractivity contribution in [2.24, 2.45) is 0 Å². The number of nitrogens with one attached hydrogen (secondary N) is 1. The van der Waals surface area contributed by atoms with Gasteiger partial charge in [-0.05, 0) is 19.9 Å². The van der Waals surface area contributed by atoms with E-state index in [0.29, 0.717) is 13.2 Å². The molecule has 1 fully saturated rings. The van der Waals surface area contributed by atoms with Crippen LogP contribution in [0.2, 0.25) is 0 Å². The number of rotatable bonds is 8. The summed E-state index contributed by atoms with van der Waals surface area (Å²) in [6, 6.07) is 0. The molecule has 5 nitrogen and oxygen atoms in total. The largest absolute Gasteiger partial charge is 0.389 e. The van der Waals surface area contributed by atoms with Gasteiger partial charge in [-0.25, -0.2) is 0 Å². The SMILES string of the molecule is COCCN(C)CCNC(=O)CC1(O)CCCC1. The lowest BCUT2D eigenvalue weighted by Crippen LogP contribution is -2.38. The van der Waals surface area contributed by atoms with Crippen molar-refractivity contribution in [1.82, 2.24) is 10.2 Å². The van der Waals surface area contributed by atoms with Gasteiger partial charge in [0.15, 0.2) is 0 Å². The Morgan fingerprint density at radius 1 is 1.39 bits per heavy atom. The second-order valence-electron chi connectivity index (χ2n) is 5.25. The standard InChI is InChI=1S/C13H26N2O3/c1-15(9-10-18-2)8-7-14-12(16)11-13(17)5-3-4-6-13/h17H,3-11H2,1-2H3,(H,14,16).